The van der Waals surface area contributed by atoms with Crippen LogP contribution in [0.3, 0.4) is 0 Å². The number of halogens is 2. The molecule has 1 aliphatic heterocycles. The van der Waals surface area contributed by atoms with E-state index in [1.54, 1.807) is 42.5 Å². The normalized spacial score (nSPS) is 13.5. The second-order valence-corrected chi connectivity index (χ2v) is 12.1. The van der Waals surface area contributed by atoms with Gasteiger partial charge in [-0.1, -0.05) is 42.5 Å². The quantitative estimate of drug-likeness (QED) is 0.0799. The van der Waals surface area contributed by atoms with Crippen LogP contribution in [-0.4, -0.2) is 47.8 Å². The van der Waals surface area contributed by atoms with Gasteiger partial charge in [0, 0.05) is 23.4 Å². The highest BCUT2D eigenvalue weighted by Crippen LogP contribution is 2.36. The fraction of sp³-hybridized carbons (Fsp3) is 0.243. The van der Waals surface area contributed by atoms with E-state index in [1.807, 2.05) is 44.2 Å². The summed E-state index contributed by atoms with van der Waals surface area (Å²) in [6.07, 6.45) is -0.556. The summed E-state index contributed by atoms with van der Waals surface area (Å²) in [5.74, 6) is 1.90. The van der Waals surface area contributed by atoms with Crippen LogP contribution in [0, 0.1) is 11.3 Å². The third-order valence-electron chi connectivity index (χ3n) is 7.60. The summed E-state index contributed by atoms with van der Waals surface area (Å²) in [6.45, 7) is 5.21. The third kappa shape index (κ3) is 8.36. The van der Waals surface area contributed by atoms with Crippen LogP contribution in [0.4, 0.5) is 8.78 Å². The van der Waals surface area contributed by atoms with Crippen LogP contribution in [0.25, 0.3) is 17.2 Å². The minimum Gasteiger partial charge on any atom is -0.496 e. The number of methoxy groups -OCH3 is 1. The number of ether oxygens (including phenoxy) is 3. The first kappa shape index (κ1) is 35.3. The standard InChI is InChI=1S/C37H34F2N4O4S2/c1-4-46-32-14-11-23(19-33(32)47-5-2)15-16-43-36(44)30(42-37(43)48)18-24-12-13-31(45-3)26(17-24)22-49-35-28(21-40)27(20-29(41-35)34(38)39)25-9-7-6-8-10-25/h6-14,17-20,34H,4-5,15-16,22H2,1-3H3,(H,42,48)/b30-18+. The van der Waals surface area contributed by atoms with E-state index in [1.165, 1.54) is 18.1 Å². The molecule has 1 fully saturated rings. The maximum Gasteiger partial charge on any atom is 0.280 e. The molecule has 0 atom stereocenters. The maximum absolute atomic E-state index is 13.9. The van der Waals surface area contributed by atoms with Crippen molar-refractivity contribution in [3.05, 3.63) is 106 Å². The predicted octanol–water partition coefficient (Wildman–Crippen LogP) is 7.96. The average molecular weight is 701 g/mol. The largest absolute Gasteiger partial charge is 0.496 e. The fourth-order valence-electron chi connectivity index (χ4n) is 5.29. The van der Waals surface area contributed by atoms with E-state index in [0.717, 1.165) is 22.9 Å². The van der Waals surface area contributed by atoms with Crippen molar-refractivity contribution in [3.8, 4) is 34.4 Å². The van der Waals surface area contributed by atoms with Gasteiger partial charge in [-0.05, 0) is 85.6 Å². The van der Waals surface area contributed by atoms with Crippen LogP contribution in [-0.2, 0) is 17.0 Å². The van der Waals surface area contributed by atoms with Crippen molar-refractivity contribution in [2.75, 3.05) is 26.9 Å². The Morgan fingerprint density at radius 3 is 2.45 bits per heavy atom. The van der Waals surface area contributed by atoms with Crippen LogP contribution < -0.4 is 19.5 Å². The minimum atomic E-state index is -2.81. The molecule has 252 valence electrons. The van der Waals surface area contributed by atoms with E-state index >= 15 is 0 Å². The van der Waals surface area contributed by atoms with Crippen molar-refractivity contribution in [2.45, 2.75) is 37.5 Å². The molecule has 1 N–H and O–H groups in total. The highest BCUT2D eigenvalue weighted by Gasteiger charge is 2.30. The van der Waals surface area contributed by atoms with Crippen molar-refractivity contribution >= 4 is 41.1 Å². The Kier molecular flexibility index (Phi) is 11.8. The lowest BCUT2D eigenvalue weighted by molar-refractivity contribution is -0.122. The second kappa shape index (κ2) is 16.4. The Hall–Kier alpha value is -4.99. The van der Waals surface area contributed by atoms with Crippen molar-refractivity contribution in [1.29, 1.82) is 5.26 Å². The SMILES string of the molecule is CCOc1ccc(CCN2C(=O)/C(=C\c3ccc(OC)c(CSc4nc(C(F)F)cc(-c5ccccc5)c4C#N)c3)NC2=S)cc1OCC. The van der Waals surface area contributed by atoms with Crippen LogP contribution in [0.1, 0.15) is 48.2 Å². The molecule has 0 aliphatic carbocycles. The summed E-state index contributed by atoms with van der Waals surface area (Å²) in [6, 6.07) is 23.5. The number of rotatable bonds is 14. The Morgan fingerprint density at radius 1 is 1.02 bits per heavy atom. The zero-order valence-electron chi connectivity index (χ0n) is 27.2. The maximum atomic E-state index is 13.9. The van der Waals surface area contributed by atoms with Crippen LogP contribution in [0.5, 0.6) is 17.2 Å². The average Bonchev–Trinajstić information content (AvgIpc) is 3.38. The van der Waals surface area contributed by atoms with Gasteiger partial charge in [0.05, 0.1) is 25.9 Å². The summed E-state index contributed by atoms with van der Waals surface area (Å²) < 4.78 is 44.7. The molecule has 4 aromatic rings. The zero-order chi connectivity index (χ0) is 34.9. The number of aromatic nitrogens is 1. The molecular formula is C37H34F2N4O4S2. The van der Waals surface area contributed by atoms with Crippen LogP contribution in [0.15, 0.2) is 83.5 Å². The molecule has 1 amide bonds. The fourth-order valence-corrected chi connectivity index (χ4v) is 6.56. The monoisotopic (exact) mass is 700 g/mol. The molecule has 12 heteroatoms. The lowest BCUT2D eigenvalue weighted by atomic mass is 10.0. The first-order chi connectivity index (χ1) is 23.8. The topological polar surface area (TPSA) is 96.7 Å². The van der Waals surface area contributed by atoms with E-state index in [9.17, 15) is 18.8 Å². The second-order valence-electron chi connectivity index (χ2n) is 10.8. The number of thiocarbonyl (C=S) groups is 1. The number of nitrogens with zero attached hydrogens (tertiary/aromatic N) is 3. The van der Waals surface area contributed by atoms with Gasteiger partial charge < -0.3 is 19.5 Å². The van der Waals surface area contributed by atoms with Gasteiger partial charge in [0.2, 0.25) is 0 Å². The lowest BCUT2D eigenvalue weighted by Gasteiger charge is -2.16. The van der Waals surface area contributed by atoms with Crippen molar-refractivity contribution < 1.29 is 27.8 Å². The molecule has 49 heavy (non-hydrogen) atoms. The summed E-state index contributed by atoms with van der Waals surface area (Å²) >= 11 is 6.67. The number of nitriles is 1. The summed E-state index contributed by atoms with van der Waals surface area (Å²) in [4.78, 5) is 19.1. The Balaban J connectivity index is 1.34. The minimum absolute atomic E-state index is 0.194. The van der Waals surface area contributed by atoms with Crippen LogP contribution in [0.2, 0.25) is 0 Å². The highest BCUT2D eigenvalue weighted by molar-refractivity contribution is 7.98. The summed E-state index contributed by atoms with van der Waals surface area (Å²) in [5, 5.41) is 13.6. The molecule has 1 aliphatic rings. The van der Waals surface area contributed by atoms with Gasteiger partial charge in [-0.25, -0.2) is 13.8 Å². The molecule has 0 radical (unpaired) electrons. The summed E-state index contributed by atoms with van der Waals surface area (Å²) in [5.41, 5.74) is 3.56. The van der Waals surface area contributed by atoms with E-state index in [0.29, 0.717) is 70.9 Å². The Labute approximate surface area is 293 Å². The molecular weight excluding hydrogens is 667 g/mol. The van der Waals surface area contributed by atoms with Gasteiger partial charge in [0.25, 0.3) is 12.3 Å². The number of pyridine rings is 1. The van der Waals surface area contributed by atoms with Crippen molar-refractivity contribution in [3.63, 3.8) is 0 Å². The van der Waals surface area contributed by atoms with E-state index in [2.05, 4.69) is 16.4 Å². The highest BCUT2D eigenvalue weighted by atomic mass is 32.2. The number of thioether (sulfide) groups is 1. The Bertz CT molecular complexity index is 1910. The molecule has 1 aromatic heterocycles. The molecule has 0 spiro atoms. The molecule has 8 nitrogen and oxygen atoms in total. The van der Waals surface area contributed by atoms with Crippen LogP contribution >= 0.6 is 24.0 Å². The van der Waals surface area contributed by atoms with Crippen molar-refractivity contribution in [1.82, 2.24) is 15.2 Å². The van der Waals surface area contributed by atoms with Gasteiger partial charge in [0.15, 0.2) is 16.6 Å². The molecule has 2 heterocycles. The van der Waals surface area contributed by atoms with E-state index in [-0.39, 0.29) is 22.2 Å². The third-order valence-corrected chi connectivity index (χ3v) is 8.95. The summed E-state index contributed by atoms with van der Waals surface area (Å²) in [7, 11) is 1.53. The number of hydrogen-bond acceptors (Lipinski definition) is 8. The van der Waals surface area contributed by atoms with E-state index in [4.69, 9.17) is 26.4 Å². The number of carbonyl (C=O) groups excluding carboxylic acids is 1. The molecule has 1 saturated heterocycles. The van der Waals surface area contributed by atoms with Gasteiger partial charge in [-0.3, -0.25) is 9.69 Å². The first-order valence-corrected chi connectivity index (χ1v) is 17.0. The molecule has 0 saturated carbocycles. The first-order valence-electron chi connectivity index (χ1n) is 15.6. The number of benzene rings is 3. The van der Waals surface area contributed by atoms with Gasteiger partial charge in [0.1, 0.15) is 28.2 Å². The van der Waals surface area contributed by atoms with Gasteiger partial charge in [-0.15, -0.1) is 11.8 Å². The Morgan fingerprint density at radius 2 is 1.76 bits per heavy atom. The van der Waals surface area contributed by atoms with Crippen molar-refractivity contribution in [2.24, 2.45) is 0 Å². The molecule has 3 aromatic carbocycles. The zero-order valence-corrected chi connectivity index (χ0v) is 28.8. The van der Waals surface area contributed by atoms with Gasteiger partial charge in [-0.2, -0.15) is 5.26 Å². The number of nitrogens with one attached hydrogen (secondary N) is 1. The number of hydrogen-bond donors (Lipinski definition) is 1. The number of carbonyl (C=O) groups is 1. The smallest absolute Gasteiger partial charge is 0.280 e. The van der Waals surface area contributed by atoms with Gasteiger partial charge >= 0.3 is 0 Å². The number of alkyl halides is 2. The number of amides is 1. The lowest BCUT2D eigenvalue weighted by Crippen LogP contribution is -2.32. The molecule has 0 unspecified atom stereocenters. The van der Waals surface area contributed by atoms with E-state index < -0.39 is 12.1 Å². The molecule has 0 bridgehead atoms. The predicted molar refractivity (Wildman–Crippen MR) is 190 cm³/mol. The molecule has 5 rings (SSSR count).